The van der Waals surface area contributed by atoms with E-state index in [2.05, 4.69) is 15.9 Å². The Kier molecular flexibility index (Phi) is 1.46. The summed E-state index contributed by atoms with van der Waals surface area (Å²) in [6, 6.07) is 0. The number of allylic oxidation sites excluding steroid dienone is 3. The van der Waals surface area contributed by atoms with Crippen molar-refractivity contribution >= 4 is 21.9 Å². The van der Waals surface area contributed by atoms with Gasteiger partial charge in [0.15, 0.2) is 0 Å². The quantitative estimate of drug-likeness (QED) is 0.703. The van der Waals surface area contributed by atoms with Gasteiger partial charge in [-0.1, -0.05) is 15.9 Å². The molecule has 2 aliphatic carbocycles. The Hall–Kier alpha value is -0.640. The molecule has 2 rings (SSSR count). The topological polar surface area (TPSA) is 37.3 Å². The molecule has 0 aromatic carbocycles. The molecule has 0 aliphatic heterocycles. The van der Waals surface area contributed by atoms with Crippen molar-refractivity contribution in [2.75, 3.05) is 0 Å². The lowest BCUT2D eigenvalue weighted by Gasteiger charge is -2.09. The van der Waals surface area contributed by atoms with Gasteiger partial charge in [0.2, 0.25) is 0 Å². The molecule has 0 spiro atoms. The Labute approximate surface area is 76.9 Å². The summed E-state index contributed by atoms with van der Waals surface area (Å²) >= 11 is 3.30. The van der Waals surface area contributed by atoms with Crippen molar-refractivity contribution in [3.8, 4) is 0 Å². The van der Waals surface area contributed by atoms with Gasteiger partial charge in [0.05, 0.1) is 4.32 Å². The van der Waals surface area contributed by atoms with E-state index in [1.807, 2.05) is 0 Å². The Balaban J connectivity index is 2.38. The van der Waals surface area contributed by atoms with Crippen LogP contribution in [0.3, 0.4) is 0 Å². The Bertz CT molecular complexity index is 321. The largest absolute Gasteiger partial charge is 0.478 e. The van der Waals surface area contributed by atoms with Crippen LogP contribution < -0.4 is 0 Å². The maximum absolute atomic E-state index is 12.8. The number of halogens is 2. The van der Waals surface area contributed by atoms with E-state index >= 15 is 0 Å². The van der Waals surface area contributed by atoms with Crippen LogP contribution >= 0.6 is 15.9 Å². The molecular weight excluding hydrogens is 227 g/mol. The number of carbonyl (C=O) groups is 1. The Morgan fingerprint density at radius 3 is 3.08 bits per heavy atom. The molecule has 0 amide bonds. The lowest BCUT2D eigenvalue weighted by Crippen LogP contribution is -2.11. The number of alkyl halides is 1. The highest BCUT2D eigenvalue weighted by Gasteiger charge is 2.56. The molecule has 2 atom stereocenters. The van der Waals surface area contributed by atoms with Gasteiger partial charge in [-0.3, -0.25) is 0 Å². The summed E-state index contributed by atoms with van der Waals surface area (Å²) in [5, 5.41) is 8.68. The number of aliphatic carboxylic acids is 1. The summed E-state index contributed by atoms with van der Waals surface area (Å²) in [5.41, 5.74) is 0.173. The molecule has 12 heavy (non-hydrogen) atoms. The van der Waals surface area contributed by atoms with E-state index in [1.165, 1.54) is 6.08 Å². The van der Waals surface area contributed by atoms with Gasteiger partial charge in [0.1, 0.15) is 5.83 Å². The maximum Gasteiger partial charge on any atom is 0.332 e. The summed E-state index contributed by atoms with van der Waals surface area (Å²) in [4.78, 5) is 10.6. The smallest absolute Gasteiger partial charge is 0.332 e. The van der Waals surface area contributed by atoms with E-state index in [4.69, 9.17) is 5.11 Å². The summed E-state index contributed by atoms with van der Waals surface area (Å²) < 4.78 is 12.4. The molecule has 4 heteroatoms. The number of carboxylic acid groups (broad SMARTS) is 1. The summed E-state index contributed by atoms with van der Waals surface area (Å²) in [7, 11) is 0. The normalized spacial score (nSPS) is 38.0. The van der Waals surface area contributed by atoms with Crippen molar-refractivity contribution in [3.05, 3.63) is 23.6 Å². The molecule has 0 heterocycles. The van der Waals surface area contributed by atoms with Crippen LogP contribution in [0.1, 0.15) is 6.42 Å². The zero-order valence-electron chi connectivity index (χ0n) is 6.05. The third kappa shape index (κ3) is 1.02. The van der Waals surface area contributed by atoms with Crippen LogP contribution in [0, 0.1) is 5.92 Å². The highest BCUT2D eigenvalue weighted by molar-refractivity contribution is 9.10. The third-order valence-electron chi connectivity index (χ3n) is 2.23. The van der Waals surface area contributed by atoms with Crippen molar-refractivity contribution in [1.29, 1.82) is 0 Å². The predicted octanol–water partition coefficient (Wildman–Crippen LogP) is 2.02. The van der Waals surface area contributed by atoms with Crippen LogP contribution in [0.5, 0.6) is 0 Å². The van der Waals surface area contributed by atoms with Crippen LogP contribution in [0.25, 0.3) is 0 Å². The van der Waals surface area contributed by atoms with E-state index < -0.39 is 16.1 Å². The van der Waals surface area contributed by atoms with Crippen molar-refractivity contribution in [3.63, 3.8) is 0 Å². The second kappa shape index (κ2) is 2.19. The highest BCUT2D eigenvalue weighted by atomic mass is 79.9. The van der Waals surface area contributed by atoms with Gasteiger partial charge < -0.3 is 5.11 Å². The number of hydrogen-bond donors (Lipinski definition) is 1. The molecule has 1 fully saturated rings. The first-order valence-electron chi connectivity index (χ1n) is 3.55. The van der Waals surface area contributed by atoms with Crippen molar-refractivity contribution < 1.29 is 14.3 Å². The highest BCUT2D eigenvalue weighted by Crippen LogP contribution is 2.58. The van der Waals surface area contributed by atoms with Crippen LogP contribution in [0.4, 0.5) is 4.39 Å². The van der Waals surface area contributed by atoms with Gasteiger partial charge in [-0.2, -0.15) is 0 Å². The molecule has 0 aromatic rings. The first-order chi connectivity index (χ1) is 5.53. The molecule has 0 saturated heterocycles. The average molecular weight is 233 g/mol. The fraction of sp³-hybridized carbons (Fsp3) is 0.375. The molecule has 2 aliphatic rings. The van der Waals surface area contributed by atoms with Crippen LogP contribution in [0.15, 0.2) is 23.6 Å². The Morgan fingerprint density at radius 1 is 1.83 bits per heavy atom. The number of fused-ring (bicyclic) bond motifs is 1. The summed E-state index contributed by atoms with van der Waals surface area (Å²) in [5.74, 6) is -1.53. The second-order valence-corrected chi connectivity index (χ2v) is 4.59. The van der Waals surface area contributed by atoms with Gasteiger partial charge in [-0.15, -0.1) is 0 Å². The van der Waals surface area contributed by atoms with Gasteiger partial charge >= 0.3 is 5.97 Å². The maximum atomic E-state index is 12.8. The number of hydrogen-bond acceptors (Lipinski definition) is 1. The van der Waals surface area contributed by atoms with Crippen LogP contribution in [-0.4, -0.2) is 15.4 Å². The summed E-state index contributed by atoms with van der Waals surface area (Å²) in [6.45, 7) is 0. The molecule has 1 saturated carbocycles. The molecule has 1 N–H and O–H groups in total. The number of carboxylic acids is 1. The third-order valence-corrected chi connectivity index (χ3v) is 3.34. The fourth-order valence-corrected chi connectivity index (χ4v) is 2.30. The standard InChI is InChI=1S/C8H6BrFO2/c9-8-2-4(10)1-5(7(11)12)6(8)3-8/h1-2,6H,3H2,(H,11,12). The molecule has 0 radical (unpaired) electrons. The van der Waals surface area contributed by atoms with Gasteiger partial charge in [-0.05, 0) is 18.6 Å². The van der Waals surface area contributed by atoms with Crippen molar-refractivity contribution in [2.45, 2.75) is 10.7 Å². The molecule has 0 aromatic heterocycles. The minimum Gasteiger partial charge on any atom is -0.478 e. The van der Waals surface area contributed by atoms with E-state index in [1.54, 1.807) is 0 Å². The lowest BCUT2D eigenvalue weighted by molar-refractivity contribution is -0.133. The predicted molar refractivity (Wildman–Crippen MR) is 44.7 cm³/mol. The minimum absolute atomic E-state index is 0.0468. The van der Waals surface area contributed by atoms with Crippen molar-refractivity contribution in [1.82, 2.24) is 0 Å². The van der Waals surface area contributed by atoms with E-state index in [0.29, 0.717) is 6.42 Å². The first kappa shape index (κ1) is 7.98. The first-order valence-corrected chi connectivity index (χ1v) is 4.34. The average Bonchev–Trinajstić information content (AvgIpc) is 2.57. The van der Waals surface area contributed by atoms with E-state index in [-0.39, 0.29) is 11.5 Å². The van der Waals surface area contributed by atoms with Crippen molar-refractivity contribution in [2.24, 2.45) is 5.92 Å². The van der Waals surface area contributed by atoms with Crippen LogP contribution in [0.2, 0.25) is 0 Å². The zero-order valence-corrected chi connectivity index (χ0v) is 7.64. The molecule has 64 valence electrons. The molecular formula is C8H6BrFO2. The van der Waals surface area contributed by atoms with Crippen LogP contribution in [-0.2, 0) is 4.79 Å². The Morgan fingerprint density at radius 2 is 2.50 bits per heavy atom. The zero-order chi connectivity index (χ0) is 8.93. The molecule has 2 unspecified atom stereocenters. The van der Waals surface area contributed by atoms with Gasteiger partial charge in [0, 0.05) is 11.5 Å². The van der Waals surface area contributed by atoms with Gasteiger partial charge in [0.25, 0.3) is 0 Å². The molecule has 0 bridgehead atoms. The SMILES string of the molecule is O=C(O)C1=CC(F)=CC2(Br)CC12. The monoisotopic (exact) mass is 232 g/mol. The fourth-order valence-electron chi connectivity index (χ4n) is 1.51. The van der Waals surface area contributed by atoms with E-state index in [9.17, 15) is 9.18 Å². The van der Waals surface area contributed by atoms with Gasteiger partial charge in [-0.25, -0.2) is 9.18 Å². The molecule has 2 nitrogen and oxygen atoms in total. The summed E-state index contributed by atoms with van der Waals surface area (Å²) in [6.07, 6.45) is 3.21. The number of rotatable bonds is 1. The lowest BCUT2D eigenvalue weighted by atomic mass is 10.0. The minimum atomic E-state index is -1.02. The second-order valence-electron chi connectivity index (χ2n) is 3.12. The van der Waals surface area contributed by atoms with E-state index in [0.717, 1.165) is 6.08 Å².